The van der Waals surface area contributed by atoms with Crippen LogP contribution in [0.25, 0.3) is 0 Å². The molecular weight excluding hydrogens is 230 g/mol. The summed E-state index contributed by atoms with van der Waals surface area (Å²) >= 11 is 0. The third-order valence-electron chi connectivity index (χ3n) is 4.92. The van der Waals surface area contributed by atoms with Crippen LogP contribution in [0.1, 0.15) is 62.1 Å². The van der Waals surface area contributed by atoms with Gasteiger partial charge >= 0.3 is 0 Å². The van der Waals surface area contributed by atoms with Crippen LogP contribution in [0.5, 0.6) is 0 Å². The van der Waals surface area contributed by atoms with Crippen molar-refractivity contribution in [3.63, 3.8) is 0 Å². The number of hydrogen-bond acceptors (Lipinski definition) is 1. The van der Waals surface area contributed by atoms with Crippen molar-refractivity contribution in [1.29, 1.82) is 0 Å². The van der Waals surface area contributed by atoms with Gasteiger partial charge in [0.15, 0.2) is 0 Å². The molecule has 1 nitrogen and oxygen atoms in total. The summed E-state index contributed by atoms with van der Waals surface area (Å²) in [6.45, 7) is 3.38. The predicted molar refractivity (Wildman–Crippen MR) is 81.2 cm³/mol. The second kappa shape index (κ2) is 6.09. The predicted octanol–water partition coefficient (Wildman–Crippen LogP) is 4.62. The largest absolute Gasteiger partial charge is 0.310 e. The Kier molecular flexibility index (Phi) is 4.22. The van der Waals surface area contributed by atoms with Gasteiger partial charge in [-0.3, -0.25) is 0 Å². The quantitative estimate of drug-likeness (QED) is 0.784. The Bertz CT molecular complexity index is 385. The maximum Gasteiger partial charge on any atom is 0.0348 e. The fourth-order valence-electron chi connectivity index (χ4n) is 3.50. The van der Waals surface area contributed by atoms with Crippen molar-refractivity contribution in [2.75, 3.05) is 6.54 Å². The van der Waals surface area contributed by atoms with E-state index in [1.165, 1.54) is 62.6 Å². The molecule has 2 saturated carbocycles. The second-order valence-electron chi connectivity index (χ2n) is 6.62. The Morgan fingerprint density at radius 3 is 2.37 bits per heavy atom. The van der Waals surface area contributed by atoms with Gasteiger partial charge < -0.3 is 5.32 Å². The van der Waals surface area contributed by atoms with E-state index in [-0.39, 0.29) is 0 Å². The molecule has 0 heterocycles. The number of nitrogens with one attached hydrogen (secondary N) is 1. The first-order valence-electron chi connectivity index (χ1n) is 8.13. The highest BCUT2D eigenvalue weighted by Gasteiger charge is 2.31. The van der Waals surface area contributed by atoms with Crippen LogP contribution >= 0.6 is 0 Å². The lowest BCUT2D eigenvalue weighted by Crippen LogP contribution is -2.25. The zero-order chi connectivity index (χ0) is 13.1. The minimum atomic E-state index is 0.613. The highest BCUT2D eigenvalue weighted by molar-refractivity contribution is 5.25. The summed E-state index contributed by atoms with van der Waals surface area (Å²) in [7, 11) is 0. The van der Waals surface area contributed by atoms with E-state index in [2.05, 4.69) is 36.5 Å². The van der Waals surface area contributed by atoms with E-state index in [9.17, 15) is 0 Å². The number of rotatable bonds is 6. The Labute approximate surface area is 117 Å². The SMILES string of the molecule is Cc1ccc(C(NCCC2CCCC2)C2CC2)cc1. The molecule has 2 aliphatic carbocycles. The van der Waals surface area contributed by atoms with Gasteiger partial charge in [-0.05, 0) is 50.1 Å². The van der Waals surface area contributed by atoms with Gasteiger partial charge in [-0.2, -0.15) is 0 Å². The molecule has 1 aromatic carbocycles. The van der Waals surface area contributed by atoms with E-state index in [1.807, 2.05) is 0 Å². The highest BCUT2D eigenvalue weighted by atomic mass is 14.9. The fraction of sp³-hybridized carbons (Fsp3) is 0.667. The van der Waals surface area contributed by atoms with Crippen molar-refractivity contribution in [2.45, 2.75) is 57.9 Å². The van der Waals surface area contributed by atoms with E-state index < -0.39 is 0 Å². The summed E-state index contributed by atoms with van der Waals surface area (Å²) in [4.78, 5) is 0. The standard InChI is InChI=1S/C18H27N/c1-14-6-8-16(9-7-14)18(17-10-11-17)19-13-12-15-4-2-3-5-15/h6-9,15,17-19H,2-5,10-13H2,1H3. The third-order valence-corrected chi connectivity index (χ3v) is 4.92. The van der Waals surface area contributed by atoms with Crippen LogP contribution < -0.4 is 5.32 Å². The van der Waals surface area contributed by atoms with Gasteiger partial charge in [0, 0.05) is 6.04 Å². The number of hydrogen-bond donors (Lipinski definition) is 1. The summed E-state index contributed by atoms with van der Waals surface area (Å²) in [5, 5.41) is 3.84. The zero-order valence-corrected chi connectivity index (χ0v) is 12.2. The second-order valence-corrected chi connectivity index (χ2v) is 6.62. The summed E-state index contributed by atoms with van der Waals surface area (Å²) in [5.41, 5.74) is 2.86. The van der Waals surface area contributed by atoms with Gasteiger partial charge in [-0.25, -0.2) is 0 Å². The van der Waals surface area contributed by atoms with Crippen LogP contribution in [-0.2, 0) is 0 Å². The number of benzene rings is 1. The molecule has 0 spiro atoms. The third kappa shape index (κ3) is 3.60. The van der Waals surface area contributed by atoms with Crippen LogP contribution in [0.15, 0.2) is 24.3 Å². The smallest absolute Gasteiger partial charge is 0.0348 e. The first-order chi connectivity index (χ1) is 9.33. The minimum Gasteiger partial charge on any atom is -0.310 e. The fourth-order valence-corrected chi connectivity index (χ4v) is 3.50. The summed E-state index contributed by atoms with van der Waals surface area (Å²) < 4.78 is 0. The maximum atomic E-state index is 3.84. The monoisotopic (exact) mass is 257 g/mol. The van der Waals surface area contributed by atoms with E-state index >= 15 is 0 Å². The van der Waals surface area contributed by atoms with Crippen LogP contribution in [0, 0.1) is 18.8 Å². The van der Waals surface area contributed by atoms with E-state index in [1.54, 1.807) is 0 Å². The van der Waals surface area contributed by atoms with Gasteiger partial charge in [0.2, 0.25) is 0 Å². The molecule has 1 N–H and O–H groups in total. The van der Waals surface area contributed by atoms with Crippen LogP contribution in [0.3, 0.4) is 0 Å². The van der Waals surface area contributed by atoms with Gasteiger partial charge in [0.1, 0.15) is 0 Å². The van der Waals surface area contributed by atoms with Crippen LogP contribution in [-0.4, -0.2) is 6.54 Å². The Morgan fingerprint density at radius 2 is 1.74 bits per heavy atom. The lowest BCUT2D eigenvalue weighted by Gasteiger charge is -2.20. The average Bonchev–Trinajstić information content (AvgIpc) is 3.13. The molecule has 0 aromatic heterocycles. The van der Waals surface area contributed by atoms with Crippen molar-refractivity contribution < 1.29 is 0 Å². The van der Waals surface area contributed by atoms with Crippen LogP contribution in [0.2, 0.25) is 0 Å². The first kappa shape index (κ1) is 13.2. The molecule has 2 aliphatic rings. The van der Waals surface area contributed by atoms with E-state index in [0.717, 1.165) is 11.8 Å². The molecular formula is C18H27N. The van der Waals surface area contributed by atoms with Gasteiger partial charge in [0.25, 0.3) is 0 Å². The molecule has 0 amide bonds. The lowest BCUT2D eigenvalue weighted by atomic mass is 9.99. The Balaban J connectivity index is 1.53. The van der Waals surface area contributed by atoms with Gasteiger partial charge in [-0.15, -0.1) is 0 Å². The molecule has 3 rings (SSSR count). The molecule has 1 atom stereocenters. The number of aryl methyl sites for hydroxylation is 1. The molecule has 1 heteroatoms. The van der Waals surface area contributed by atoms with Crippen molar-refractivity contribution in [3.05, 3.63) is 35.4 Å². The molecule has 19 heavy (non-hydrogen) atoms. The highest BCUT2D eigenvalue weighted by Crippen LogP contribution is 2.41. The Hall–Kier alpha value is -0.820. The Morgan fingerprint density at radius 1 is 1.05 bits per heavy atom. The average molecular weight is 257 g/mol. The van der Waals surface area contributed by atoms with E-state index in [0.29, 0.717) is 6.04 Å². The summed E-state index contributed by atoms with van der Waals surface area (Å²) in [6.07, 6.45) is 10.1. The molecule has 0 aliphatic heterocycles. The van der Waals surface area contributed by atoms with Gasteiger partial charge in [-0.1, -0.05) is 55.5 Å². The molecule has 0 bridgehead atoms. The molecule has 1 aromatic rings. The van der Waals surface area contributed by atoms with Crippen molar-refractivity contribution in [1.82, 2.24) is 5.32 Å². The molecule has 1 unspecified atom stereocenters. The van der Waals surface area contributed by atoms with Crippen molar-refractivity contribution in [2.24, 2.45) is 11.8 Å². The van der Waals surface area contributed by atoms with E-state index in [4.69, 9.17) is 0 Å². The van der Waals surface area contributed by atoms with Crippen molar-refractivity contribution >= 4 is 0 Å². The summed E-state index contributed by atoms with van der Waals surface area (Å²) in [6, 6.07) is 9.76. The molecule has 104 valence electrons. The van der Waals surface area contributed by atoms with Crippen molar-refractivity contribution in [3.8, 4) is 0 Å². The minimum absolute atomic E-state index is 0.613. The maximum absolute atomic E-state index is 3.84. The topological polar surface area (TPSA) is 12.0 Å². The molecule has 0 saturated heterocycles. The normalized spacial score (nSPS) is 21.7. The molecule has 2 fully saturated rings. The summed E-state index contributed by atoms with van der Waals surface area (Å²) in [5.74, 6) is 1.90. The lowest BCUT2D eigenvalue weighted by molar-refractivity contribution is 0.422. The zero-order valence-electron chi connectivity index (χ0n) is 12.2. The first-order valence-corrected chi connectivity index (χ1v) is 8.13. The van der Waals surface area contributed by atoms with Crippen LogP contribution in [0.4, 0.5) is 0 Å². The molecule has 0 radical (unpaired) electrons. The van der Waals surface area contributed by atoms with Gasteiger partial charge in [0.05, 0.1) is 0 Å².